The van der Waals surface area contributed by atoms with Gasteiger partial charge in [0.05, 0.1) is 13.2 Å². The second kappa shape index (κ2) is 10.3. The first-order chi connectivity index (χ1) is 16.9. The fraction of sp³-hybridized carbons (Fsp3) is 0.897. The van der Waals surface area contributed by atoms with Crippen LogP contribution < -0.4 is 0 Å². The van der Waals surface area contributed by atoms with Crippen molar-refractivity contribution in [2.24, 2.45) is 46.3 Å². The predicted octanol–water partition coefficient (Wildman–Crippen LogP) is 4.68. The van der Waals surface area contributed by atoms with Crippen LogP contribution >= 0.6 is 0 Å². The summed E-state index contributed by atoms with van der Waals surface area (Å²) in [5.74, 6) is 0.965. The molecule has 0 saturated heterocycles. The van der Waals surface area contributed by atoms with Crippen molar-refractivity contribution in [1.29, 1.82) is 0 Å². The minimum Gasteiger partial charge on any atom is -0.469 e. The van der Waals surface area contributed by atoms with Crippen molar-refractivity contribution < 1.29 is 33.7 Å². The van der Waals surface area contributed by atoms with Crippen LogP contribution in [-0.2, 0) is 28.6 Å². The summed E-state index contributed by atoms with van der Waals surface area (Å²) in [6.07, 6.45) is 6.59. The number of methoxy groups -OCH3 is 1. The summed E-state index contributed by atoms with van der Waals surface area (Å²) in [5.41, 5.74) is -0.248. The molecule has 0 heterocycles. The van der Waals surface area contributed by atoms with E-state index in [1.165, 1.54) is 21.0 Å². The molecule has 11 atom stereocenters. The van der Waals surface area contributed by atoms with Crippen LogP contribution in [0.4, 0.5) is 0 Å². The number of rotatable bonds is 6. The molecule has 1 N–H and O–H groups in total. The zero-order chi connectivity index (χ0) is 26.4. The third kappa shape index (κ3) is 4.69. The maximum Gasteiger partial charge on any atom is 0.305 e. The number of hydrogen-bond acceptors (Lipinski definition) is 7. The quantitative estimate of drug-likeness (QED) is 0.412. The molecule has 0 spiro atoms. The molecule has 0 aromatic carbocycles. The first-order valence-corrected chi connectivity index (χ1v) is 14.0. The Morgan fingerprint density at radius 3 is 2.31 bits per heavy atom. The van der Waals surface area contributed by atoms with E-state index in [1.807, 2.05) is 0 Å². The molecular formula is C29H46O7. The average Bonchev–Trinajstić information content (AvgIpc) is 3.16. The summed E-state index contributed by atoms with van der Waals surface area (Å²) in [6.45, 7) is 9.78. The summed E-state index contributed by atoms with van der Waals surface area (Å²) >= 11 is 0. The molecule has 36 heavy (non-hydrogen) atoms. The third-order valence-corrected chi connectivity index (χ3v) is 11.2. The normalized spacial score (nSPS) is 44.4. The van der Waals surface area contributed by atoms with E-state index in [-0.39, 0.29) is 64.6 Å². The Labute approximate surface area is 216 Å². The molecule has 4 rings (SSSR count). The van der Waals surface area contributed by atoms with Crippen molar-refractivity contribution in [2.45, 2.75) is 111 Å². The van der Waals surface area contributed by atoms with Gasteiger partial charge in [-0.05, 0) is 91.8 Å². The van der Waals surface area contributed by atoms with Gasteiger partial charge in [-0.25, -0.2) is 0 Å². The van der Waals surface area contributed by atoms with Crippen molar-refractivity contribution in [3.05, 3.63) is 0 Å². The lowest BCUT2D eigenvalue weighted by Crippen LogP contribution is -2.63. The average molecular weight is 507 g/mol. The number of fused-ring (bicyclic) bond motifs is 5. The van der Waals surface area contributed by atoms with Gasteiger partial charge in [-0.2, -0.15) is 0 Å². The molecule has 0 aromatic rings. The molecule has 0 amide bonds. The highest BCUT2D eigenvalue weighted by Crippen LogP contribution is 2.68. The Balaban J connectivity index is 1.62. The number of carbonyl (C=O) groups is 3. The maximum absolute atomic E-state index is 12.2. The van der Waals surface area contributed by atoms with Crippen molar-refractivity contribution in [3.63, 3.8) is 0 Å². The van der Waals surface area contributed by atoms with Gasteiger partial charge in [0.15, 0.2) is 0 Å². The lowest BCUT2D eigenvalue weighted by molar-refractivity contribution is -0.218. The van der Waals surface area contributed by atoms with Crippen LogP contribution in [0.25, 0.3) is 0 Å². The number of carbonyl (C=O) groups excluding carboxylic acids is 3. The largest absolute Gasteiger partial charge is 0.469 e. The van der Waals surface area contributed by atoms with Crippen LogP contribution in [0.5, 0.6) is 0 Å². The minimum atomic E-state index is -0.434. The Hall–Kier alpha value is -1.63. The predicted molar refractivity (Wildman–Crippen MR) is 134 cm³/mol. The first kappa shape index (κ1) is 27.4. The van der Waals surface area contributed by atoms with Gasteiger partial charge in [-0.1, -0.05) is 20.8 Å². The van der Waals surface area contributed by atoms with Gasteiger partial charge in [0.25, 0.3) is 0 Å². The van der Waals surface area contributed by atoms with Crippen molar-refractivity contribution in [3.8, 4) is 0 Å². The number of esters is 3. The number of aliphatic hydroxyl groups is 1. The van der Waals surface area contributed by atoms with Crippen LogP contribution in [0.1, 0.15) is 92.4 Å². The van der Waals surface area contributed by atoms with E-state index in [4.69, 9.17) is 14.2 Å². The van der Waals surface area contributed by atoms with Gasteiger partial charge in [0.2, 0.25) is 0 Å². The van der Waals surface area contributed by atoms with E-state index in [0.717, 1.165) is 44.9 Å². The van der Waals surface area contributed by atoms with Gasteiger partial charge < -0.3 is 19.3 Å². The molecule has 0 radical (unpaired) electrons. The van der Waals surface area contributed by atoms with Gasteiger partial charge in [-0.15, -0.1) is 0 Å². The van der Waals surface area contributed by atoms with E-state index in [2.05, 4.69) is 20.8 Å². The SMILES string of the molecule is COC(=O)CCC(C)C1CCC2C3C(CC(O)C12C)C1(C)CC[C@@H](OC(C)=O)C[C@H]1C[C@H]3OC(C)=O. The molecule has 0 aromatic heterocycles. The summed E-state index contributed by atoms with van der Waals surface area (Å²) in [5, 5.41) is 11.8. The van der Waals surface area contributed by atoms with Crippen LogP contribution in [0.2, 0.25) is 0 Å². The molecule has 204 valence electrons. The fourth-order valence-corrected chi connectivity index (χ4v) is 9.42. The monoisotopic (exact) mass is 506 g/mol. The van der Waals surface area contributed by atoms with Crippen LogP contribution in [0, 0.1) is 46.3 Å². The highest BCUT2D eigenvalue weighted by Gasteiger charge is 2.66. The molecule has 8 unspecified atom stereocenters. The molecule has 4 aliphatic carbocycles. The van der Waals surface area contributed by atoms with Gasteiger partial charge in [0.1, 0.15) is 12.2 Å². The smallest absolute Gasteiger partial charge is 0.305 e. The fourth-order valence-electron chi connectivity index (χ4n) is 9.42. The van der Waals surface area contributed by atoms with Crippen molar-refractivity contribution in [2.75, 3.05) is 7.11 Å². The molecular weight excluding hydrogens is 460 g/mol. The molecule has 0 bridgehead atoms. The standard InChI is InChI=1S/C29H46O7/c1-16(7-10-26(33)34-6)21-8-9-22-27-23(15-25(32)29(21,22)5)28(4)12-11-20(35-17(2)30)13-19(28)14-24(27)36-18(3)31/h16,19-25,27,32H,7-15H2,1-6H3/t16?,19-,20+,21?,22?,23?,24+,25?,27?,28?,29?/m0/s1. The van der Waals surface area contributed by atoms with Crippen LogP contribution in [0.15, 0.2) is 0 Å². The van der Waals surface area contributed by atoms with Crippen LogP contribution in [0.3, 0.4) is 0 Å². The van der Waals surface area contributed by atoms with E-state index in [0.29, 0.717) is 24.7 Å². The lowest BCUT2D eigenvalue weighted by Gasteiger charge is -2.64. The number of aliphatic hydroxyl groups excluding tert-OH is 1. The van der Waals surface area contributed by atoms with Crippen molar-refractivity contribution in [1.82, 2.24) is 0 Å². The zero-order valence-electron chi connectivity index (χ0n) is 23.0. The van der Waals surface area contributed by atoms with Gasteiger partial charge in [-0.3, -0.25) is 14.4 Å². The zero-order valence-corrected chi connectivity index (χ0v) is 23.0. The summed E-state index contributed by atoms with van der Waals surface area (Å²) in [7, 11) is 1.43. The Morgan fingerprint density at radius 1 is 0.972 bits per heavy atom. The summed E-state index contributed by atoms with van der Waals surface area (Å²) in [6, 6.07) is 0. The second-order valence-corrected chi connectivity index (χ2v) is 12.8. The lowest BCUT2D eigenvalue weighted by atomic mass is 9.43. The maximum atomic E-state index is 12.2. The highest BCUT2D eigenvalue weighted by atomic mass is 16.5. The van der Waals surface area contributed by atoms with Crippen molar-refractivity contribution >= 4 is 17.9 Å². The molecule has 4 aliphatic rings. The Morgan fingerprint density at radius 2 is 1.67 bits per heavy atom. The van der Waals surface area contributed by atoms with Gasteiger partial charge >= 0.3 is 17.9 Å². The summed E-state index contributed by atoms with van der Waals surface area (Å²) in [4.78, 5) is 35.7. The number of ether oxygens (including phenoxy) is 3. The van der Waals surface area contributed by atoms with E-state index < -0.39 is 6.10 Å². The molecule has 7 nitrogen and oxygen atoms in total. The Kier molecular flexibility index (Phi) is 7.81. The molecule has 7 heteroatoms. The van der Waals surface area contributed by atoms with E-state index >= 15 is 0 Å². The minimum absolute atomic E-state index is 0.0227. The second-order valence-electron chi connectivity index (χ2n) is 12.8. The first-order valence-electron chi connectivity index (χ1n) is 14.0. The molecule has 4 saturated carbocycles. The topological polar surface area (TPSA) is 99.1 Å². The van der Waals surface area contributed by atoms with Gasteiger partial charge in [0, 0.05) is 26.2 Å². The number of hydrogen-bond donors (Lipinski definition) is 1. The highest BCUT2D eigenvalue weighted by molar-refractivity contribution is 5.69. The van der Waals surface area contributed by atoms with E-state index in [1.54, 1.807) is 0 Å². The Bertz CT molecular complexity index is 857. The van der Waals surface area contributed by atoms with E-state index in [9.17, 15) is 19.5 Å². The van der Waals surface area contributed by atoms with Crippen LogP contribution in [-0.4, -0.2) is 48.4 Å². The summed E-state index contributed by atoms with van der Waals surface area (Å²) < 4.78 is 16.5. The third-order valence-electron chi connectivity index (χ3n) is 11.2. The molecule has 4 fully saturated rings. The molecule has 0 aliphatic heterocycles.